The van der Waals surface area contributed by atoms with Gasteiger partial charge in [0, 0.05) is 41.6 Å². The molecule has 0 bridgehead atoms. The highest BCUT2D eigenvalue weighted by molar-refractivity contribution is 5.66. The highest BCUT2D eigenvalue weighted by atomic mass is 19.1. The van der Waals surface area contributed by atoms with Gasteiger partial charge in [0.15, 0.2) is 22.9 Å². The summed E-state index contributed by atoms with van der Waals surface area (Å²) in [7, 11) is 0. The summed E-state index contributed by atoms with van der Waals surface area (Å²) in [5.41, 5.74) is 19.1. The van der Waals surface area contributed by atoms with Gasteiger partial charge in [0.05, 0.1) is 11.9 Å². The van der Waals surface area contributed by atoms with Crippen molar-refractivity contribution in [3.05, 3.63) is 71.0 Å². The van der Waals surface area contributed by atoms with Crippen LogP contribution < -0.4 is 27.5 Å². The van der Waals surface area contributed by atoms with Crippen molar-refractivity contribution in [2.24, 2.45) is 11.7 Å². The molecule has 0 saturated carbocycles. The number of nitrogen functional groups attached to an aromatic ring is 2. The van der Waals surface area contributed by atoms with Gasteiger partial charge < -0.3 is 21.9 Å². The molecule has 4 aromatic heterocycles. The minimum atomic E-state index is -0.514. The first-order valence-electron chi connectivity index (χ1n) is 11.7. The van der Waals surface area contributed by atoms with Crippen molar-refractivity contribution in [2.45, 2.75) is 32.7 Å². The Morgan fingerprint density at radius 2 is 1.81 bits per heavy atom. The third-order valence-electron chi connectivity index (χ3n) is 5.44. The van der Waals surface area contributed by atoms with Gasteiger partial charge in [-0.25, -0.2) is 23.4 Å². The number of hydrogen-bond acceptors (Lipinski definition) is 8. The van der Waals surface area contributed by atoms with Crippen molar-refractivity contribution in [1.29, 1.82) is 0 Å². The number of aromatic nitrogens is 6. The molecular formula is C25H30FN9O2. The second-order valence-corrected chi connectivity index (χ2v) is 9.53. The van der Waals surface area contributed by atoms with E-state index in [2.05, 4.69) is 34.0 Å². The number of halogens is 1. The Hall–Kier alpha value is -4.45. The highest BCUT2D eigenvalue weighted by Gasteiger charge is 2.22. The largest absolute Gasteiger partial charge is 0.489 e. The van der Waals surface area contributed by atoms with E-state index in [1.807, 2.05) is 6.92 Å². The second kappa shape index (κ2) is 10.3. The second-order valence-electron chi connectivity index (χ2n) is 9.53. The Morgan fingerprint density at radius 1 is 1.08 bits per heavy atom. The monoisotopic (exact) mass is 507 g/mol. The first-order chi connectivity index (χ1) is 17.5. The van der Waals surface area contributed by atoms with Crippen LogP contribution in [-0.4, -0.2) is 41.3 Å². The summed E-state index contributed by atoms with van der Waals surface area (Å²) < 4.78 is 23.1. The average Bonchev–Trinajstić information content (AvgIpc) is 3.46. The van der Waals surface area contributed by atoms with Crippen molar-refractivity contribution in [3.8, 4) is 17.0 Å². The van der Waals surface area contributed by atoms with Crippen molar-refractivity contribution in [2.75, 3.05) is 18.1 Å². The van der Waals surface area contributed by atoms with E-state index in [0.29, 0.717) is 34.3 Å². The summed E-state index contributed by atoms with van der Waals surface area (Å²) in [5.74, 6) is 0.747. The number of anilines is 2. The van der Waals surface area contributed by atoms with Gasteiger partial charge in [0.25, 0.3) is 5.56 Å². The number of nitrogens with two attached hydrogens (primary N) is 3. The molecule has 5 aromatic rings. The maximum atomic E-state index is 14.6. The zero-order chi connectivity index (χ0) is 26.7. The molecule has 1 atom stereocenters. The number of H-pyrrole nitrogens is 1. The molecule has 5 rings (SSSR count). The van der Waals surface area contributed by atoms with Crippen LogP contribution in [0.25, 0.3) is 22.6 Å². The van der Waals surface area contributed by atoms with Crippen LogP contribution in [0.4, 0.5) is 16.0 Å². The normalized spacial score (nSPS) is 12.9. The van der Waals surface area contributed by atoms with Gasteiger partial charge in [0.1, 0.15) is 18.2 Å². The highest BCUT2D eigenvalue weighted by Crippen LogP contribution is 2.27. The average molecular weight is 508 g/mol. The van der Waals surface area contributed by atoms with Gasteiger partial charge in [-0.15, -0.1) is 0 Å². The fraction of sp³-hybridized carbons (Fsp3) is 0.280. The molecule has 0 aliphatic rings. The fourth-order valence-electron chi connectivity index (χ4n) is 4.10. The number of nitrogens with zero attached hydrogens (tertiary/aromatic N) is 5. The molecule has 0 aliphatic heterocycles. The third-order valence-corrected chi connectivity index (χ3v) is 5.44. The Kier molecular flexibility index (Phi) is 7.11. The number of fused-ring (bicyclic) bond motifs is 2. The van der Waals surface area contributed by atoms with Crippen molar-refractivity contribution < 1.29 is 9.13 Å². The molecule has 0 spiro atoms. The molecule has 0 aliphatic carbocycles. The maximum absolute atomic E-state index is 14.6. The summed E-state index contributed by atoms with van der Waals surface area (Å²) >= 11 is 0. The van der Waals surface area contributed by atoms with Crippen LogP contribution in [0, 0.1) is 11.7 Å². The number of rotatable bonds is 6. The first kappa shape index (κ1) is 25.6. The van der Waals surface area contributed by atoms with Crippen LogP contribution >= 0.6 is 0 Å². The van der Waals surface area contributed by atoms with Crippen LogP contribution in [0.1, 0.15) is 27.2 Å². The summed E-state index contributed by atoms with van der Waals surface area (Å²) in [6.07, 6.45) is 4.04. The number of benzene rings is 1. The lowest BCUT2D eigenvalue weighted by molar-refractivity contribution is 0.200. The fourth-order valence-corrected chi connectivity index (χ4v) is 4.10. The molecule has 7 N–H and O–H groups in total. The van der Waals surface area contributed by atoms with E-state index in [0.717, 1.165) is 6.42 Å². The topological polar surface area (TPSA) is 168 Å². The first-order valence-corrected chi connectivity index (χ1v) is 11.7. The van der Waals surface area contributed by atoms with Crippen LogP contribution in [0.2, 0.25) is 0 Å². The van der Waals surface area contributed by atoms with Gasteiger partial charge >= 0.3 is 0 Å². The zero-order valence-corrected chi connectivity index (χ0v) is 20.9. The van der Waals surface area contributed by atoms with Gasteiger partial charge in [0.2, 0.25) is 0 Å². The molecule has 12 heteroatoms. The van der Waals surface area contributed by atoms with E-state index >= 15 is 0 Å². The third kappa shape index (κ3) is 6.04. The minimum absolute atomic E-state index is 0.174. The lowest BCUT2D eigenvalue weighted by Crippen LogP contribution is -2.43. The molecule has 4 heterocycles. The Balaban J connectivity index is 0.000000241. The summed E-state index contributed by atoms with van der Waals surface area (Å²) in [6, 6.07) is 11.1. The van der Waals surface area contributed by atoms with Crippen molar-refractivity contribution in [1.82, 2.24) is 29.2 Å². The van der Waals surface area contributed by atoms with Crippen molar-refractivity contribution in [3.63, 3.8) is 0 Å². The van der Waals surface area contributed by atoms with E-state index in [-0.39, 0.29) is 23.7 Å². The zero-order valence-electron chi connectivity index (χ0n) is 20.9. The van der Waals surface area contributed by atoms with E-state index in [4.69, 9.17) is 21.9 Å². The van der Waals surface area contributed by atoms with Gasteiger partial charge in [-0.1, -0.05) is 13.8 Å². The van der Waals surface area contributed by atoms with Crippen molar-refractivity contribution >= 4 is 22.9 Å². The SMILES string of the molecule is CC(C)C[C@](C)(N)COc1ccc(-c2cc(N)nc3ccnn23)cc1F.Nc1cc(=O)n2[nH]ccc2n1. The summed E-state index contributed by atoms with van der Waals surface area (Å²) in [5, 5.41) is 6.91. The predicted octanol–water partition coefficient (Wildman–Crippen LogP) is 2.86. The molecule has 194 valence electrons. The van der Waals surface area contributed by atoms with E-state index in [1.165, 1.54) is 16.6 Å². The van der Waals surface area contributed by atoms with Gasteiger partial charge in [-0.3, -0.25) is 9.89 Å². The Morgan fingerprint density at radius 3 is 2.54 bits per heavy atom. The van der Waals surface area contributed by atoms with Gasteiger partial charge in [-0.05, 0) is 37.5 Å². The van der Waals surface area contributed by atoms with E-state index < -0.39 is 11.4 Å². The summed E-state index contributed by atoms with van der Waals surface area (Å²) in [4.78, 5) is 19.2. The molecule has 0 unspecified atom stereocenters. The van der Waals surface area contributed by atoms with Gasteiger partial charge in [-0.2, -0.15) is 5.10 Å². The molecular weight excluding hydrogens is 477 g/mol. The van der Waals surface area contributed by atoms with E-state index in [9.17, 15) is 9.18 Å². The molecule has 0 saturated heterocycles. The number of aromatic amines is 1. The summed E-state index contributed by atoms with van der Waals surface area (Å²) in [6.45, 7) is 6.34. The molecule has 37 heavy (non-hydrogen) atoms. The maximum Gasteiger partial charge on any atom is 0.274 e. The number of hydrogen-bond donors (Lipinski definition) is 4. The quantitative estimate of drug-likeness (QED) is 0.272. The smallest absolute Gasteiger partial charge is 0.274 e. The van der Waals surface area contributed by atoms with Crippen LogP contribution in [0.3, 0.4) is 0 Å². The van der Waals surface area contributed by atoms with E-state index in [1.54, 1.807) is 47.2 Å². The standard InChI is InChI=1S/C19H24FN5O.C6H6N4O/c1-12(2)10-19(3,22)11-26-16-5-4-13(8-14(16)20)15-9-17(21)24-18-6-7-23-25(15)18;7-4-3-6(11)10-5(9-4)1-2-8-10/h4-9,12H,10-11,22H2,1-3H3,(H2,21,24);1-3,8H,7H2/t19-;/m0./s1. The van der Waals surface area contributed by atoms with Crippen LogP contribution in [0.5, 0.6) is 5.75 Å². The predicted molar refractivity (Wildman–Crippen MR) is 141 cm³/mol. The van der Waals surface area contributed by atoms with Crippen LogP contribution in [0.15, 0.2) is 59.7 Å². The minimum Gasteiger partial charge on any atom is -0.489 e. The number of ether oxygens (including phenoxy) is 1. The molecule has 1 aromatic carbocycles. The lowest BCUT2D eigenvalue weighted by atomic mass is 9.93. The molecule has 0 amide bonds. The molecule has 0 fully saturated rings. The molecule has 0 radical (unpaired) electrons. The molecule has 11 nitrogen and oxygen atoms in total. The Bertz CT molecular complexity index is 1590. The Labute approximate surface area is 212 Å². The lowest BCUT2D eigenvalue weighted by Gasteiger charge is -2.26. The van der Waals surface area contributed by atoms with Crippen LogP contribution in [-0.2, 0) is 0 Å². The number of nitrogens with one attached hydrogen (secondary N) is 1.